The molecule has 2 N–H and O–H groups in total. The van der Waals surface area contributed by atoms with E-state index in [-0.39, 0.29) is 5.56 Å². The van der Waals surface area contributed by atoms with Crippen molar-refractivity contribution in [2.75, 3.05) is 19.5 Å². The van der Waals surface area contributed by atoms with Gasteiger partial charge in [0, 0.05) is 12.2 Å². The van der Waals surface area contributed by atoms with Crippen LogP contribution in [0.4, 0.5) is 5.69 Å². The van der Waals surface area contributed by atoms with Crippen molar-refractivity contribution in [2.45, 2.75) is 6.54 Å². The summed E-state index contributed by atoms with van der Waals surface area (Å²) in [6.45, 7) is 0.504. The number of benzene rings is 2. The van der Waals surface area contributed by atoms with Crippen LogP contribution in [0.2, 0.25) is 0 Å². The first kappa shape index (κ1) is 14.7. The molecule has 0 heterocycles. The largest absolute Gasteiger partial charge is 0.497 e. The van der Waals surface area contributed by atoms with Gasteiger partial charge in [0.2, 0.25) is 0 Å². The third-order valence-electron chi connectivity index (χ3n) is 3.07. The van der Waals surface area contributed by atoms with Gasteiger partial charge in [0.15, 0.2) is 0 Å². The highest BCUT2D eigenvalue weighted by Crippen LogP contribution is 2.23. The molecule has 5 nitrogen and oxygen atoms in total. The van der Waals surface area contributed by atoms with Crippen LogP contribution in [0.15, 0.2) is 42.5 Å². The van der Waals surface area contributed by atoms with Crippen LogP contribution in [0.25, 0.3) is 0 Å². The maximum absolute atomic E-state index is 11.3. The predicted molar refractivity (Wildman–Crippen MR) is 80.3 cm³/mol. The lowest BCUT2D eigenvalue weighted by atomic mass is 10.1. The average molecular weight is 287 g/mol. The number of hydrogen-bond donors (Lipinski definition) is 2. The zero-order chi connectivity index (χ0) is 15.2. The zero-order valence-corrected chi connectivity index (χ0v) is 11.9. The molecule has 0 saturated carbocycles. The smallest absolute Gasteiger partial charge is 0.337 e. The highest BCUT2D eigenvalue weighted by Gasteiger charge is 2.11. The number of rotatable bonds is 6. The number of carboxylic acid groups (broad SMARTS) is 1. The van der Waals surface area contributed by atoms with Gasteiger partial charge in [-0.1, -0.05) is 12.1 Å². The van der Waals surface area contributed by atoms with Gasteiger partial charge in [0.25, 0.3) is 0 Å². The first-order valence-corrected chi connectivity index (χ1v) is 6.42. The number of carbonyl (C=O) groups is 1. The van der Waals surface area contributed by atoms with Gasteiger partial charge >= 0.3 is 5.97 Å². The van der Waals surface area contributed by atoms with Gasteiger partial charge in [-0.25, -0.2) is 4.79 Å². The van der Waals surface area contributed by atoms with Crippen molar-refractivity contribution in [2.24, 2.45) is 0 Å². The van der Waals surface area contributed by atoms with Crippen LogP contribution in [0.5, 0.6) is 11.5 Å². The fraction of sp³-hybridized carbons (Fsp3) is 0.188. The molecule has 2 rings (SSSR count). The second-order valence-electron chi connectivity index (χ2n) is 4.42. The summed E-state index contributed by atoms with van der Waals surface area (Å²) < 4.78 is 10.2. The number of hydrogen-bond acceptors (Lipinski definition) is 4. The lowest BCUT2D eigenvalue weighted by Crippen LogP contribution is -2.06. The molecule has 0 radical (unpaired) electrons. The fourth-order valence-electron chi connectivity index (χ4n) is 1.96. The number of aromatic carboxylic acids is 1. The van der Waals surface area contributed by atoms with Gasteiger partial charge < -0.3 is 19.9 Å². The Hall–Kier alpha value is -2.69. The molecule has 0 fully saturated rings. The van der Waals surface area contributed by atoms with Crippen molar-refractivity contribution in [1.82, 2.24) is 0 Å². The minimum absolute atomic E-state index is 0.178. The summed E-state index contributed by atoms with van der Waals surface area (Å²) in [7, 11) is 3.11. The molecule has 21 heavy (non-hydrogen) atoms. The predicted octanol–water partition coefficient (Wildman–Crippen LogP) is 3.01. The lowest BCUT2D eigenvalue weighted by molar-refractivity contribution is 0.0697. The molecule has 0 aliphatic carbocycles. The van der Waals surface area contributed by atoms with Crippen molar-refractivity contribution in [3.63, 3.8) is 0 Å². The van der Waals surface area contributed by atoms with Gasteiger partial charge in [0.1, 0.15) is 11.5 Å². The molecule has 0 unspecified atom stereocenters. The number of nitrogens with one attached hydrogen (secondary N) is 1. The van der Waals surface area contributed by atoms with Crippen LogP contribution >= 0.6 is 0 Å². The van der Waals surface area contributed by atoms with E-state index in [1.54, 1.807) is 19.2 Å². The highest BCUT2D eigenvalue weighted by atomic mass is 16.5. The van der Waals surface area contributed by atoms with Crippen molar-refractivity contribution < 1.29 is 19.4 Å². The first-order valence-electron chi connectivity index (χ1n) is 6.42. The molecule has 0 atom stereocenters. The van der Waals surface area contributed by atoms with Crippen molar-refractivity contribution >= 4 is 11.7 Å². The molecule has 0 saturated heterocycles. The monoisotopic (exact) mass is 287 g/mol. The SMILES string of the molecule is COc1cccc(CNc2ccc(OC)cc2C(=O)O)c1. The second kappa shape index (κ2) is 6.65. The molecule has 0 amide bonds. The van der Waals surface area contributed by atoms with Crippen LogP contribution in [-0.2, 0) is 6.54 Å². The van der Waals surface area contributed by atoms with E-state index in [1.165, 1.54) is 13.2 Å². The number of carboxylic acids is 1. The summed E-state index contributed by atoms with van der Waals surface area (Å²) >= 11 is 0. The summed E-state index contributed by atoms with van der Waals surface area (Å²) in [5.74, 6) is 0.281. The molecule has 0 aromatic heterocycles. The molecule has 110 valence electrons. The Labute approximate surface area is 123 Å². The minimum atomic E-state index is -0.998. The molecule has 2 aromatic rings. The minimum Gasteiger partial charge on any atom is -0.497 e. The van der Waals surface area contributed by atoms with E-state index in [4.69, 9.17) is 9.47 Å². The van der Waals surface area contributed by atoms with Gasteiger partial charge in [-0.2, -0.15) is 0 Å². The summed E-state index contributed by atoms with van der Waals surface area (Å²) in [4.78, 5) is 11.3. The Balaban J connectivity index is 2.17. The Kier molecular flexibility index (Phi) is 4.66. The van der Waals surface area contributed by atoms with Crippen LogP contribution < -0.4 is 14.8 Å². The summed E-state index contributed by atoms with van der Waals surface area (Å²) in [5, 5.41) is 12.4. The number of ether oxygens (including phenoxy) is 2. The highest BCUT2D eigenvalue weighted by molar-refractivity contribution is 5.94. The van der Waals surface area contributed by atoms with E-state index in [9.17, 15) is 9.90 Å². The van der Waals surface area contributed by atoms with Crippen molar-refractivity contribution in [3.8, 4) is 11.5 Å². The fourth-order valence-corrected chi connectivity index (χ4v) is 1.96. The summed E-state index contributed by atoms with van der Waals surface area (Å²) in [5.41, 5.74) is 1.73. The second-order valence-corrected chi connectivity index (χ2v) is 4.42. The zero-order valence-electron chi connectivity index (χ0n) is 11.9. The maximum atomic E-state index is 11.3. The lowest BCUT2D eigenvalue weighted by Gasteiger charge is -2.11. The summed E-state index contributed by atoms with van der Waals surface area (Å²) in [6.07, 6.45) is 0. The van der Waals surface area contributed by atoms with E-state index in [0.29, 0.717) is 18.0 Å². The topological polar surface area (TPSA) is 67.8 Å². The first-order chi connectivity index (χ1) is 10.1. The molecule has 0 aliphatic heterocycles. The van der Waals surface area contributed by atoms with Gasteiger partial charge in [0.05, 0.1) is 19.8 Å². The van der Waals surface area contributed by atoms with Crippen molar-refractivity contribution in [3.05, 3.63) is 53.6 Å². The van der Waals surface area contributed by atoms with Crippen LogP contribution in [-0.4, -0.2) is 25.3 Å². The van der Waals surface area contributed by atoms with E-state index >= 15 is 0 Å². The van der Waals surface area contributed by atoms with Gasteiger partial charge in [-0.3, -0.25) is 0 Å². The van der Waals surface area contributed by atoms with Gasteiger partial charge in [-0.05, 0) is 35.9 Å². The third kappa shape index (κ3) is 3.66. The van der Waals surface area contributed by atoms with Crippen LogP contribution in [0.3, 0.4) is 0 Å². The average Bonchev–Trinajstić information content (AvgIpc) is 2.52. The molecule has 0 aliphatic rings. The summed E-state index contributed by atoms with van der Waals surface area (Å²) in [6, 6.07) is 12.5. The molecule has 0 spiro atoms. The Bertz CT molecular complexity index is 640. The normalized spacial score (nSPS) is 10.0. The molecule has 2 aromatic carbocycles. The van der Waals surface area contributed by atoms with Crippen LogP contribution in [0.1, 0.15) is 15.9 Å². The van der Waals surface area contributed by atoms with E-state index < -0.39 is 5.97 Å². The third-order valence-corrected chi connectivity index (χ3v) is 3.07. The molecule has 5 heteroatoms. The maximum Gasteiger partial charge on any atom is 0.337 e. The van der Waals surface area contributed by atoms with E-state index in [1.807, 2.05) is 24.3 Å². The number of anilines is 1. The standard InChI is InChI=1S/C16H17NO4/c1-20-12-5-3-4-11(8-12)10-17-15-7-6-13(21-2)9-14(15)16(18)19/h3-9,17H,10H2,1-2H3,(H,18,19). The Morgan fingerprint density at radius 3 is 2.48 bits per heavy atom. The van der Waals surface area contributed by atoms with E-state index in [2.05, 4.69) is 5.32 Å². The van der Waals surface area contributed by atoms with Gasteiger partial charge in [-0.15, -0.1) is 0 Å². The molecule has 0 bridgehead atoms. The molecular weight excluding hydrogens is 270 g/mol. The quantitative estimate of drug-likeness (QED) is 0.854. The number of methoxy groups -OCH3 is 2. The van der Waals surface area contributed by atoms with Crippen LogP contribution in [0, 0.1) is 0 Å². The molecular formula is C16H17NO4. The Morgan fingerprint density at radius 2 is 1.81 bits per heavy atom. The van der Waals surface area contributed by atoms with Crippen molar-refractivity contribution in [1.29, 1.82) is 0 Å². The Morgan fingerprint density at radius 1 is 1.10 bits per heavy atom. The van der Waals surface area contributed by atoms with E-state index in [0.717, 1.165) is 11.3 Å².